The Balaban J connectivity index is 0.000000587. The highest BCUT2D eigenvalue weighted by Gasteiger charge is 2.38. The Hall–Kier alpha value is -3.16. The topological polar surface area (TPSA) is 133 Å². The number of anilines is 2. The molecule has 0 atom stereocenters. The monoisotopic (exact) mass is 615 g/mol. The van der Waals surface area contributed by atoms with Crippen molar-refractivity contribution >= 4 is 50.3 Å². The number of nitrogens with one attached hydrogen (secondary N) is 3. The van der Waals surface area contributed by atoms with Gasteiger partial charge in [0, 0.05) is 24.5 Å². The van der Waals surface area contributed by atoms with Crippen molar-refractivity contribution in [3.8, 4) is 0 Å². The summed E-state index contributed by atoms with van der Waals surface area (Å²) in [6.45, 7) is 5.43. The molecular formula is C27H33ClF3N5O4S. The molecule has 224 valence electrons. The van der Waals surface area contributed by atoms with Crippen LogP contribution < -0.4 is 15.4 Å². The number of alkyl halides is 3. The van der Waals surface area contributed by atoms with Gasteiger partial charge < -0.3 is 15.7 Å². The van der Waals surface area contributed by atoms with E-state index in [0.29, 0.717) is 24.3 Å². The fourth-order valence-corrected chi connectivity index (χ4v) is 6.02. The van der Waals surface area contributed by atoms with Crippen molar-refractivity contribution in [3.05, 3.63) is 53.6 Å². The number of fused-ring (bicyclic) bond motifs is 1. The zero-order chi connectivity index (χ0) is 30.2. The molecule has 0 aliphatic heterocycles. The van der Waals surface area contributed by atoms with Gasteiger partial charge in [0.05, 0.1) is 10.5 Å². The number of para-hydroxylation sites is 1. The Bertz CT molecular complexity index is 1430. The summed E-state index contributed by atoms with van der Waals surface area (Å²) in [6.07, 6.45) is -1.04. The normalized spacial score (nSPS) is 17.5. The SMILES string of the molecule is CC(C)Nc1nc(NCC2CCC(CNS(=O)(=O)c3ccccc3Cl)CC2)nc2ccccc12.O=C(O)C(F)(F)F. The lowest BCUT2D eigenvalue weighted by atomic mass is 9.82. The lowest BCUT2D eigenvalue weighted by Gasteiger charge is -2.28. The molecule has 1 aromatic heterocycles. The van der Waals surface area contributed by atoms with Crippen LogP contribution in [0.15, 0.2) is 53.4 Å². The number of carboxylic acid groups (broad SMARTS) is 1. The molecule has 14 heteroatoms. The molecule has 41 heavy (non-hydrogen) atoms. The first-order valence-electron chi connectivity index (χ1n) is 13.1. The van der Waals surface area contributed by atoms with Crippen LogP contribution in [0.1, 0.15) is 39.5 Å². The predicted octanol–water partition coefficient (Wildman–Crippen LogP) is 5.93. The van der Waals surface area contributed by atoms with Crippen LogP contribution in [0.2, 0.25) is 5.02 Å². The molecule has 1 aliphatic rings. The van der Waals surface area contributed by atoms with Crippen molar-refractivity contribution in [2.24, 2.45) is 11.8 Å². The van der Waals surface area contributed by atoms with E-state index in [9.17, 15) is 21.6 Å². The summed E-state index contributed by atoms with van der Waals surface area (Å²) in [7, 11) is -3.60. The second-order valence-corrected chi connectivity index (χ2v) is 12.2. The molecule has 0 spiro atoms. The minimum Gasteiger partial charge on any atom is -0.475 e. The molecule has 1 saturated carbocycles. The van der Waals surface area contributed by atoms with Crippen molar-refractivity contribution in [3.63, 3.8) is 0 Å². The molecule has 1 fully saturated rings. The van der Waals surface area contributed by atoms with E-state index in [1.807, 2.05) is 24.3 Å². The first-order valence-corrected chi connectivity index (χ1v) is 14.9. The van der Waals surface area contributed by atoms with Crippen LogP contribution in [0.25, 0.3) is 10.9 Å². The number of halogens is 4. The molecule has 3 aromatic rings. The van der Waals surface area contributed by atoms with Gasteiger partial charge in [0.2, 0.25) is 16.0 Å². The van der Waals surface area contributed by atoms with E-state index in [1.165, 1.54) is 6.07 Å². The van der Waals surface area contributed by atoms with Gasteiger partial charge in [0.25, 0.3) is 0 Å². The van der Waals surface area contributed by atoms with Crippen LogP contribution in [-0.2, 0) is 14.8 Å². The summed E-state index contributed by atoms with van der Waals surface area (Å²) < 4.78 is 59.6. The van der Waals surface area contributed by atoms with E-state index in [0.717, 1.165) is 48.9 Å². The smallest absolute Gasteiger partial charge is 0.475 e. The molecule has 1 heterocycles. The Kier molecular flexibility index (Phi) is 11.2. The number of carbonyl (C=O) groups is 1. The molecule has 0 bridgehead atoms. The number of hydrogen-bond acceptors (Lipinski definition) is 7. The fraction of sp³-hybridized carbons (Fsp3) is 0.444. The minimum absolute atomic E-state index is 0.135. The van der Waals surface area contributed by atoms with Crippen molar-refractivity contribution in [1.29, 1.82) is 0 Å². The lowest BCUT2D eigenvalue weighted by molar-refractivity contribution is -0.192. The summed E-state index contributed by atoms with van der Waals surface area (Å²) in [5.74, 6) is -0.443. The standard InChI is InChI=1S/C25H32ClN5O2S.C2HF3O2/c1-17(2)29-24-20-7-3-5-9-22(20)30-25(31-24)27-15-18-11-13-19(14-12-18)16-28-34(32,33)23-10-6-4-8-21(23)26;3-2(4,5)1(6)7/h3-10,17-19,28H,11-16H2,1-2H3,(H2,27,29,30,31);(H,6,7). The van der Waals surface area contributed by atoms with Crippen LogP contribution in [0, 0.1) is 11.8 Å². The zero-order valence-corrected chi connectivity index (χ0v) is 24.2. The first-order chi connectivity index (χ1) is 19.3. The molecule has 2 aromatic carbocycles. The number of benzene rings is 2. The first kappa shape index (κ1) is 32.4. The fourth-order valence-electron chi connectivity index (χ4n) is 4.38. The highest BCUT2D eigenvalue weighted by molar-refractivity contribution is 7.89. The number of carboxylic acids is 1. The highest BCUT2D eigenvalue weighted by atomic mass is 35.5. The largest absolute Gasteiger partial charge is 0.490 e. The number of aromatic nitrogens is 2. The van der Waals surface area contributed by atoms with Gasteiger partial charge in [-0.15, -0.1) is 0 Å². The van der Waals surface area contributed by atoms with Gasteiger partial charge in [0.15, 0.2) is 0 Å². The summed E-state index contributed by atoms with van der Waals surface area (Å²) in [5.41, 5.74) is 0.915. The number of hydrogen-bond donors (Lipinski definition) is 4. The molecule has 9 nitrogen and oxygen atoms in total. The quantitative estimate of drug-likeness (QED) is 0.233. The van der Waals surface area contributed by atoms with Crippen LogP contribution in [0.5, 0.6) is 0 Å². The Morgan fingerprint density at radius 1 is 1.00 bits per heavy atom. The molecule has 4 rings (SSSR count). The van der Waals surface area contributed by atoms with Gasteiger partial charge in [0.1, 0.15) is 10.7 Å². The van der Waals surface area contributed by atoms with E-state index in [2.05, 4.69) is 34.2 Å². The molecule has 4 N–H and O–H groups in total. The molecule has 0 amide bonds. The summed E-state index contributed by atoms with van der Waals surface area (Å²) in [4.78, 5) is 18.4. The summed E-state index contributed by atoms with van der Waals surface area (Å²) in [5, 5.41) is 15.2. The summed E-state index contributed by atoms with van der Waals surface area (Å²) in [6, 6.07) is 14.8. The van der Waals surface area contributed by atoms with E-state index >= 15 is 0 Å². The van der Waals surface area contributed by atoms with Crippen LogP contribution in [0.4, 0.5) is 24.9 Å². The molecule has 0 radical (unpaired) electrons. The van der Waals surface area contributed by atoms with Crippen molar-refractivity contribution in [2.75, 3.05) is 23.7 Å². The van der Waals surface area contributed by atoms with Gasteiger partial charge in [-0.1, -0.05) is 35.9 Å². The van der Waals surface area contributed by atoms with E-state index in [-0.39, 0.29) is 16.0 Å². The number of aliphatic carboxylic acids is 1. The van der Waals surface area contributed by atoms with Gasteiger partial charge in [-0.05, 0) is 75.6 Å². The van der Waals surface area contributed by atoms with Crippen LogP contribution in [-0.4, -0.2) is 54.8 Å². The second-order valence-electron chi connectivity index (χ2n) is 10.1. The number of sulfonamides is 1. The third-order valence-corrected chi connectivity index (χ3v) is 8.40. The maximum atomic E-state index is 12.6. The maximum Gasteiger partial charge on any atom is 0.490 e. The van der Waals surface area contributed by atoms with E-state index < -0.39 is 22.2 Å². The lowest BCUT2D eigenvalue weighted by Crippen LogP contribution is -2.32. The Morgan fingerprint density at radius 3 is 2.15 bits per heavy atom. The summed E-state index contributed by atoms with van der Waals surface area (Å²) >= 11 is 6.06. The molecule has 0 unspecified atom stereocenters. The third-order valence-electron chi connectivity index (χ3n) is 6.47. The average Bonchev–Trinajstić information content (AvgIpc) is 2.91. The van der Waals surface area contributed by atoms with Crippen LogP contribution >= 0.6 is 11.6 Å². The Labute approximate surface area is 242 Å². The molecule has 0 saturated heterocycles. The van der Waals surface area contributed by atoms with Gasteiger partial charge in [-0.2, -0.15) is 18.2 Å². The van der Waals surface area contributed by atoms with Crippen molar-refractivity contribution < 1.29 is 31.5 Å². The van der Waals surface area contributed by atoms with E-state index in [4.69, 9.17) is 26.5 Å². The van der Waals surface area contributed by atoms with Crippen LogP contribution in [0.3, 0.4) is 0 Å². The second kappa shape index (κ2) is 14.1. The van der Waals surface area contributed by atoms with E-state index in [1.54, 1.807) is 18.2 Å². The highest BCUT2D eigenvalue weighted by Crippen LogP contribution is 2.30. The average molecular weight is 616 g/mol. The predicted molar refractivity (Wildman–Crippen MR) is 153 cm³/mol. The number of nitrogens with zero attached hydrogens (tertiary/aromatic N) is 2. The minimum atomic E-state index is -5.08. The van der Waals surface area contributed by atoms with Crippen molar-refractivity contribution in [1.82, 2.24) is 14.7 Å². The molecular weight excluding hydrogens is 583 g/mol. The molecule has 1 aliphatic carbocycles. The maximum absolute atomic E-state index is 12.6. The van der Waals surface area contributed by atoms with Gasteiger partial charge in [-0.3, -0.25) is 0 Å². The third kappa shape index (κ3) is 9.72. The van der Waals surface area contributed by atoms with Gasteiger partial charge >= 0.3 is 12.1 Å². The Morgan fingerprint density at radius 2 is 1.56 bits per heavy atom. The van der Waals surface area contributed by atoms with Crippen molar-refractivity contribution in [2.45, 2.75) is 56.6 Å². The van der Waals surface area contributed by atoms with Gasteiger partial charge in [-0.25, -0.2) is 22.9 Å². The number of rotatable bonds is 9. The zero-order valence-electron chi connectivity index (χ0n) is 22.6.